The molecule has 8 nitrogen and oxygen atoms in total. The number of carbonyl (C=O) groups is 3. The Kier molecular flexibility index (Phi) is 6.90. The molecule has 3 amide bonds. The molecule has 0 atom stereocenters. The largest absolute Gasteiger partial charge is 0.326 e. The summed E-state index contributed by atoms with van der Waals surface area (Å²) < 4.78 is 27.5. The van der Waals surface area contributed by atoms with E-state index in [1.165, 1.54) is 16.4 Å². The number of benzene rings is 2. The van der Waals surface area contributed by atoms with E-state index in [2.05, 4.69) is 5.32 Å². The van der Waals surface area contributed by atoms with Crippen LogP contribution in [0.5, 0.6) is 0 Å². The van der Waals surface area contributed by atoms with Crippen LogP contribution in [0.4, 0.5) is 5.69 Å². The number of rotatable bonds is 7. The smallest absolute Gasteiger partial charge is 0.261 e. The Morgan fingerprint density at radius 2 is 1.52 bits per heavy atom. The molecule has 0 bridgehead atoms. The molecule has 1 N–H and O–H groups in total. The zero-order valence-corrected chi connectivity index (χ0v) is 19.1. The molecule has 0 radical (unpaired) electrons. The van der Waals surface area contributed by atoms with Crippen molar-refractivity contribution in [3.05, 3.63) is 59.7 Å². The summed E-state index contributed by atoms with van der Waals surface area (Å²) in [6.45, 7) is 1.16. The second-order valence-corrected chi connectivity index (χ2v) is 10.2. The molecule has 0 aromatic heterocycles. The van der Waals surface area contributed by atoms with E-state index >= 15 is 0 Å². The zero-order valence-electron chi connectivity index (χ0n) is 18.3. The second kappa shape index (κ2) is 9.84. The van der Waals surface area contributed by atoms with Crippen molar-refractivity contribution in [2.75, 3.05) is 25.0 Å². The number of nitrogens with zero attached hydrogens (tertiary/aromatic N) is 2. The predicted molar refractivity (Wildman–Crippen MR) is 123 cm³/mol. The highest BCUT2D eigenvalue weighted by Gasteiger charge is 2.34. The van der Waals surface area contributed by atoms with Crippen molar-refractivity contribution >= 4 is 33.4 Å². The van der Waals surface area contributed by atoms with Crippen LogP contribution in [-0.4, -0.2) is 55.0 Å². The summed E-state index contributed by atoms with van der Waals surface area (Å²) >= 11 is 0. The molecule has 0 spiro atoms. The molecule has 2 aliphatic rings. The molecule has 0 unspecified atom stereocenters. The van der Waals surface area contributed by atoms with E-state index < -0.39 is 10.0 Å². The van der Waals surface area contributed by atoms with Crippen LogP contribution in [0, 0.1) is 0 Å². The summed E-state index contributed by atoms with van der Waals surface area (Å²) in [7, 11) is -3.61. The van der Waals surface area contributed by atoms with E-state index in [0.717, 1.165) is 30.6 Å². The number of fused-ring (bicyclic) bond motifs is 1. The number of hydrogen-bond acceptors (Lipinski definition) is 5. The number of imide groups is 1. The van der Waals surface area contributed by atoms with E-state index in [4.69, 9.17) is 0 Å². The predicted octanol–water partition coefficient (Wildman–Crippen LogP) is 3.27. The second-order valence-electron chi connectivity index (χ2n) is 8.31. The lowest BCUT2D eigenvalue weighted by molar-refractivity contribution is -0.116. The minimum absolute atomic E-state index is 0.0938. The molecule has 2 aromatic rings. The first-order valence-corrected chi connectivity index (χ1v) is 12.7. The molecule has 9 heteroatoms. The topological polar surface area (TPSA) is 104 Å². The fraction of sp³-hybridized carbons (Fsp3) is 0.375. The van der Waals surface area contributed by atoms with Crippen molar-refractivity contribution in [2.24, 2.45) is 0 Å². The molecule has 1 fully saturated rings. The van der Waals surface area contributed by atoms with Gasteiger partial charge in [-0.25, -0.2) is 8.42 Å². The highest BCUT2D eigenvalue weighted by atomic mass is 32.2. The van der Waals surface area contributed by atoms with Crippen LogP contribution in [0.3, 0.4) is 0 Å². The number of nitrogens with one attached hydrogen (secondary N) is 1. The fourth-order valence-electron chi connectivity index (χ4n) is 4.23. The lowest BCUT2D eigenvalue weighted by Crippen LogP contribution is -2.32. The van der Waals surface area contributed by atoms with Crippen LogP contribution in [-0.2, 0) is 14.8 Å². The lowest BCUT2D eigenvalue weighted by atomic mass is 10.1. The summed E-state index contributed by atoms with van der Waals surface area (Å²) in [5.41, 5.74) is 1.17. The number of sulfonamides is 1. The van der Waals surface area contributed by atoms with Gasteiger partial charge in [0.1, 0.15) is 0 Å². The maximum absolute atomic E-state index is 13.0. The first-order chi connectivity index (χ1) is 15.9. The van der Waals surface area contributed by atoms with Crippen LogP contribution < -0.4 is 5.32 Å². The fourth-order valence-corrected chi connectivity index (χ4v) is 5.79. The zero-order chi connectivity index (χ0) is 23.4. The van der Waals surface area contributed by atoms with Gasteiger partial charge in [-0.1, -0.05) is 31.0 Å². The van der Waals surface area contributed by atoms with Gasteiger partial charge in [0.15, 0.2) is 0 Å². The van der Waals surface area contributed by atoms with Crippen LogP contribution in [0.1, 0.15) is 59.2 Å². The maximum Gasteiger partial charge on any atom is 0.261 e. The highest BCUT2D eigenvalue weighted by Crippen LogP contribution is 2.24. The molecule has 33 heavy (non-hydrogen) atoms. The Morgan fingerprint density at radius 3 is 2.15 bits per heavy atom. The van der Waals surface area contributed by atoms with Gasteiger partial charge in [-0.15, -0.1) is 0 Å². The van der Waals surface area contributed by atoms with E-state index in [0.29, 0.717) is 36.3 Å². The number of amides is 3. The minimum Gasteiger partial charge on any atom is -0.326 e. The first-order valence-electron chi connectivity index (χ1n) is 11.2. The molecular weight excluding hydrogens is 442 g/mol. The molecule has 2 aliphatic heterocycles. The van der Waals surface area contributed by atoms with Crippen LogP contribution >= 0.6 is 0 Å². The molecule has 2 heterocycles. The Bertz CT molecular complexity index is 1140. The average Bonchev–Trinajstić information content (AvgIpc) is 3.00. The van der Waals surface area contributed by atoms with Gasteiger partial charge in [-0.2, -0.15) is 4.31 Å². The van der Waals surface area contributed by atoms with Crippen molar-refractivity contribution in [3.63, 3.8) is 0 Å². The Morgan fingerprint density at radius 1 is 0.879 bits per heavy atom. The molecule has 2 aromatic carbocycles. The van der Waals surface area contributed by atoms with Crippen LogP contribution in [0.25, 0.3) is 0 Å². The van der Waals surface area contributed by atoms with Crippen LogP contribution in [0.15, 0.2) is 53.4 Å². The van der Waals surface area contributed by atoms with E-state index in [9.17, 15) is 22.8 Å². The monoisotopic (exact) mass is 469 g/mol. The molecular formula is C24H27N3O5S. The molecule has 0 aliphatic carbocycles. The molecule has 0 saturated carbocycles. The van der Waals surface area contributed by atoms with Gasteiger partial charge in [0.05, 0.1) is 16.0 Å². The van der Waals surface area contributed by atoms with Gasteiger partial charge < -0.3 is 5.32 Å². The summed E-state index contributed by atoms with van der Waals surface area (Å²) in [6.07, 6.45) is 4.16. The normalized spacial score (nSPS) is 17.0. The van der Waals surface area contributed by atoms with Gasteiger partial charge in [0.2, 0.25) is 15.9 Å². The standard InChI is InChI=1S/C24H27N3O5S/c28-22(13-8-16-27-23(29)20-11-3-4-12-21(20)24(27)30)25-18-9-7-10-19(17-18)33(31,32)26-14-5-1-2-6-15-26/h3-4,7,9-12,17H,1-2,5-6,8,13-16H2,(H,25,28). The van der Waals surface area contributed by atoms with E-state index in [1.54, 1.807) is 36.4 Å². The molecule has 4 rings (SSSR count). The van der Waals surface area contributed by atoms with Crippen molar-refractivity contribution < 1.29 is 22.8 Å². The maximum atomic E-state index is 13.0. The Labute approximate surface area is 193 Å². The van der Waals surface area contributed by atoms with Crippen LogP contribution in [0.2, 0.25) is 0 Å². The average molecular weight is 470 g/mol. The molecule has 1 saturated heterocycles. The van der Waals surface area contributed by atoms with E-state index in [-0.39, 0.29) is 35.6 Å². The summed E-state index contributed by atoms with van der Waals surface area (Å²) in [4.78, 5) is 38.5. The lowest BCUT2D eigenvalue weighted by Gasteiger charge is -2.20. The van der Waals surface area contributed by atoms with Crippen molar-refractivity contribution in [3.8, 4) is 0 Å². The quantitative estimate of drug-likeness (QED) is 0.627. The first kappa shape index (κ1) is 23.1. The number of carbonyl (C=O) groups excluding carboxylic acids is 3. The van der Waals surface area contributed by atoms with Crippen molar-refractivity contribution in [1.82, 2.24) is 9.21 Å². The highest BCUT2D eigenvalue weighted by molar-refractivity contribution is 7.89. The van der Waals surface area contributed by atoms with Crippen molar-refractivity contribution in [2.45, 2.75) is 43.4 Å². The summed E-state index contributed by atoms with van der Waals surface area (Å²) in [6, 6.07) is 12.9. The Hall–Kier alpha value is -3.04. The Balaban J connectivity index is 1.33. The van der Waals surface area contributed by atoms with Gasteiger partial charge in [0.25, 0.3) is 11.8 Å². The van der Waals surface area contributed by atoms with Crippen molar-refractivity contribution in [1.29, 1.82) is 0 Å². The SMILES string of the molecule is O=C(CCCN1C(=O)c2ccccc2C1=O)Nc1cccc(S(=O)(=O)N2CCCCCC2)c1. The third-order valence-corrected chi connectivity index (χ3v) is 7.88. The minimum atomic E-state index is -3.61. The van der Waals surface area contributed by atoms with E-state index in [1.807, 2.05) is 0 Å². The van der Waals surface area contributed by atoms with Gasteiger partial charge in [-0.3, -0.25) is 19.3 Å². The third kappa shape index (κ3) is 4.99. The van der Waals surface area contributed by atoms with Gasteiger partial charge in [-0.05, 0) is 49.6 Å². The number of anilines is 1. The summed E-state index contributed by atoms with van der Waals surface area (Å²) in [5, 5.41) is 2.72. The van der Waals surface area contributed by atoms with Gasteiger partial charge >= 0.3 is 0 Å². The molecule has 174 valence electrons. The number of hydrogen-bond donors (Lipinski definition) is 1. The van der Waals surface area contributed by atoms with Gasteiger partial charge in [0, 0.05) is 31.7 Å². The summed E-state index contributed by atoms with van der Waals surface area (Å²) in [5.74, 6) is -0.999. The third-order valence-electron chi connectivity index (χ3n) is 5.98.